The predicted octanol–water partition coefficient (Wildman–Crippen LogP) is 2.34. The third-order valence-electron chi connectivity index (χ3n) is 4.42. The van der Waals surface area contributed by atoms with E-state index < -0.39 is 5.97 Å². The molecule has 0 spiro atoms. The maximum absolute atomic E-state index is 12.5. The lowest BCUT2D eigenvalue weighted by Crippen LogP contribution is -2.35. The maximum atomic E-state index is 12.5. The number of carbonyl (C=O) groups excluding carboxylic acids is 2. The van der Waals surface area contributed by atoms with Crippen molar-refractivity contribution in [1.82, 2.24) is 9.88 Å². The van der Waals surface area contributed by atoms with E-state index in [-0.39, 0.29) is 11.6 Å². The summed E-state index contributed by atoms with van der Waals surface area (Å²) in [7, 11) is 2.87. The number of thioether (sulfide) groups is 1. The Morgan fingerprint density at radius 2 is 2.04 bits per heavy atom. The molecule has 3 rings (SSSR count). The van der Waals surface area contributed by atoms with E-state index in [0.717, 1.165) is 24.6 Å². The molecule has 1 saturated heterocycles. The smallest absolute Gasteiger partial charge is 0.356 e. The zero-order chi connectivity index (χ0) is 18.5. The first kappa shape index (κ1) is 18.6. The number of nitrogens with one attached hydrogen (secondary N) is 2. The third-order valence-corrected chi connectivity index (χ3v) is 5.36. The molecule has 1 aliphatic heterocycles. The number of amides is 1. The lowest BCUT2D eigenvalue weighted by molar-refractivity contribution is -0.116. The Balaban J connectivity index is 1.82. The molecule has 2 aromatic rings. The summed E-state index contributed by atoms with van der Waals surface area (Å²) in [6.45, 7) is 2.72. The molecule has 26 heavy (non-hydrogen) atoms. The van der Waals surface area contributed by atoms with Crippen LogP contribution in [0.4, 0.5) is 5.69 Å². The van der Waals surface area contributed by atoms with Gasteiger partial charge < -0.3 is 24.7 Å². The van der Waals surface area contributed by atoms with Crippen molar-refractivity contribution in [3.63, 3.8) is 0 Å². The quantitative estimate of drug-likeness (QED) is 0.752. The van der Waals surface area contributed by atoms with Gasteiger partial charge in [0.25, 0.3) is 0 Å². The number of nitrogens with zero attached hydrogens (tertiary/aromatic N) is 1. The van der Waals surface area contributed by atoms with Crippen molar-refractivity contribution in [2.75, 3.05) is 50.7 Å². The Kier molecular flexibility index (Phi) is 6.05. The number of hydrogen-bond donors (Lipinski definition) is 2. The summed E-state index contributed by atoms with van der Waals surface area (Å²) in [6, 6.07) is 5.43. The second kappa shape index (κ2) is 8.46. The molecule has 0 radical (unpaired) electrons. The fourth-order valence-corrected chi connectivity index (χ4v) is 4.03. The fraction of sp³-hybridized carbons (Fsp3) is 0.444. The molecule has 1 aromatic carbocycles. The Bertz CT molecular complexity index is 799. The highest BCUT2D eigenvalue weighted by atomic mass is 32.2. The SMILES string of the molecule is COC(=O)c1[nH]c2cccc(OC)c2c1NC(=O)CCN1CCSCC1. The molecule has 2 N–H and O–H groups in total. The predicted molar refractivity (Wildman–Crippen MR) is 103 cm³/mol. The van der Waals surface area contributed by atoms with Gasteiger partial charge in [-0.3, -0.25) is 4.79 Å². The standard InChI is InChI=1S/C18H23N3O4S/c1-24-13-5-3-4-12-15(13)16(17(19-12)18(23)25-2)20-14(22)6-7-21-8-10-26-11-9-21/h3-5,19H,6-11H2,1-2H3,(H,20,22). The number of rotatable bonds is 6. The van der Waals surface area contributed by atoms with Gasteiger partial charge in [0.05, 0.1) is 30.8 Å². The summed E-state index contributed by atoms with van der Waals surface area (Å²) in [5, 5.41) is 3.55. The van der Waals surface area contributed by atoms with Crippen LogP contribution in [0.1, 0.15) is 16.9 Å². The molecule has 1 fully saturated rings. The van der Waals surface area contributed by atoms with Crippen LogP contribution in [-0.4, -0.2) is 67.1 Å². The topological polar surface area (TPSA) is 83.7 Å². The summed E-state index contributed by atoms with van der Waals surface area (Å²) in [5.74, 6) is 2.12. The average molecular weight is 377 g/mol. The van der Waals surface area contributed by atoms with E-state index in [1.54, 1.807) is 13.2 Å². The summed E-state index contributed by atoms with van der Waals surface area (Å²) >= 11 is 1.94. The molecule has 0 aliphatic carbocycles. The molecule has 0 unspecified atom stereocenters. The van der Waals surface area contributed by atoms with E-state index in [2.05, 4.69) is 15.2 Å². The van der Waals surface area contributed by atoms with Crippen LogP contribution in [0.5, 0.6) is 5.75 Å². The number of methoxy groups -OCH3 is 2. The zero-order valence-corrected chi connectivity index (χ0v) is 15.8. The van der Waals surface area contributed by atoms with Crippen molar-refractivity contribution in [3.8, 4) is 5.75 Å². The minimum atomic E-state index is -0.536. The van der Waals surface area contributed by atoms with Crippen molar-refractivity contribution < 1.29 is 19.1 Å². The molecule has 0 atom stereocenters. The second-order valence-electron chi connectivity index (χ2n) is 6.00. The highest BCUT2D eigenvalue weighted by Gasteiger charge is 2.23. The van der Waals surface area contributed by atoms with Gasteiger partial charge in [0.1, 0.15) is 11.4 Å². The van der Waals surface area contributed by atoms with E-state index in [9.17, 15) is 9.59 Å². The molecule has 7 nitrogen and oxygen atoms in total. The summed E-state index contributed by atoms with van der Waals surface area (Å²) in [6.07, 6.45) is 0.368. The van der Waals surface area contributed by atoms with Crippen molar-refractivity contribution in [2.45, 2.75) is 6.42 Å². The molecule has 140 valence electrons. The van der Waals surface area contributed by atoms with Gasteiger partial charge >= 0.3 is 5.97 Å². The van der Waals surface area contributed by atoms with Crippen LogP contribution < -0.4 is 10.1 Å². The van der Waals surface area contributed by atoms with E-state index >= 15 is 0 Å². The number of H-pyrrole nitrogens is 1. The minimum absolute atomic E-state index is 0.139. The van der Waals surface area contributed by atoms with Crippen LogP contribution in [0.25, 0.3) is 10.9 Å². The van der Waals surface area contributed by atoms with Crippen LogP contribution >= 0.6 is 11.8 Å². The van der Waals surface area contributed by atoms with Crippen molar-refractivity contribution in [3.05, 3.63) is 23.9 Å². The van der Waals surface area contributed by atoms with Gasteiger partial charge in [0.15, 0.2) is 0 Å². The number of carbonyl (C=O) groups is 2. The largest absolute Gasteiger partial charge is 0.496 e. The second-order valence-corrected chi connectivity index (χ2v) is 7.23. The van der Waals surface area contributed by atoms with Crippen LogP contribution in [0.2, 0.25) is 0 Å². The number of fused-ring (bicyclic) bond motifs is 1. The molecule has 0 saturated carbocycles. The van der Waals surface area contributed by atoms with Gasteiger partial charge in [0, 0.05) is 37.6 Å². The first-order chi connectivity index (χ1) is 12.6. The van der Waals surface area contributed by atoms with E-state index in [4.69, 9.17) is 9.47 Å². The number of anilines is 1. The first-order valence-corrected chi connectivity index (χ1v) is 9.66. The number of esters is 1. The normalized spacial score (nSPS) is 15.0. The van der Waals surface area contributed by atoms with Crippen molar-refractivity contribution in [1.29, 1.82) is 0 Å². The Hall–Kier alpha value is -2.19. The molecule has 2 heterocycles. The third kappa shape index (κ3) is 3.96. The molecule has 1 aliphatic rings. The molecular weight excluding hydrogens is 354 g/mol. The Labute approximate surface area is 156 Å². The lowest BCUT2D eigenvalue weighted by atomic mass is 10.2. The Morgan fingerprint density at radius 1 is 1.27 bits per heavy atom. The number of aromatic nitrogens is 1. The van der Waals surface area contributed by atoms with Crippen LogP contribution in [-0.2, 0) is 9.53 Å². The van der Waals surface area contributed by atoms with Gasteiger partial charge in [-0.25, -0.2) is 4.79 Å². The Morgan fingerprint density at radius 3 is 2.73 bits per heavy atom. The van der Waals surface area contributed by atoms with Gasteiger partial charge in [-0.2, -0.15) is 11.8 Å². The van der Waals surface area contributed by atoms with Gasteiger partial charge in [-0.05, 0) is 12.1 Å². The van der Waals surface area contributed by atoms with Crippen LogP contribution in [0.15, 0.2) is 18.2 Å². The van der Waals surface area contributed by atoms with Crippen molar-refractivity contribution >= 4 is 40.2 Å². The van der Waals surface area contributed by atoms with E-state index in [1.807, 2.05) is 23.9 Å². The summed E-state index contributed by atoms with van der Waals surface area (Å²) in [5.41, 5.74) is 1.33. The van der Waals surface area contributed by atoms with Crippen LogP contribution in [0, 0.1) is 0 Å². The van der Waals surface area contributed by atoms with Gasteiger partial charge in [-0.15, -0.1) is 0 Å². The van der Waals surface area contributed by atoms with Crippen LogP contribution in [0.3, 0.4) is 0 Å². The number of ether oxygens (including phenoxy) is 2. The molecule has 1 amide bonds. The molecule has 0 bridgehead atoms. The highest BCUT2D eigenvalue weighted by Crippen LogP contribution is 2.35. The van der Waals surface area contributed by atoms with Crippen molar-refractivity contribution in [2.24, 2.45) is 0 Å². The minimum Gasteiger partial charge on any atom is -0.496 e. The number of benzene rings is 1. The van der Waals surface area contributed by atoms with E-state index in [1.165, 1.54) is 7.11 Å². The maximum Gasteiger partial charge on any atom is 0.356 e. The zero-order valence-electron chi connectivity index (χ0n) is 15.0. The molecule has 8 heteroatoms. The monoisotopic (exact) mass is 377 g/mol. The highest BCUT2D eigenvalue weighted by molar-refractivity contribution is 7.99. The molecular formula is C18H23N3O4S. The van der Waals surface area contributed by atoms with Gasteiger partial charge in [0.2, 0.25) is 5.91 Å². The summed E-state index contributed by atoms with van der Waals surface area (Å²) in [4.78, 5) is 29.9. The number of aromatic amines is 1. The summed E-state index contributed by atoms with van der Waals surface area (Å²) < 4.78 is 10.2. The fourth-order valence-electron chi connectivity index (χ4n) is 3.05. The molecule has 1 aromatic heterocycles. The number of hydrogen-bond acceptors (Lipinski definition) is 6. The lowest BCUT2D eigenvalue weighted by Gasteiger charge is -2.25. The first-order valence-electron chi connectivity index (χ1n) is 8.51. The van der Waals surface area contributed by atoms with E-state index in [0.29, 0.717) is 35.3 Å². The van der Waals surface area contributed by atoms with Gasteiger partial charge in [-0.1, -0.05) is 6.07 Å². The average Bonchev–Trinajstić information content (AvgIpc) is 3.05.